The van der Waals surface area contributed by atoms with Crippen molar-refractivity contribution < 1.29 is 23.9 Å². The molecule has 1 unspecified atom stereocenters. The number of benzene rings is 3. The third kappa shape index (κ3) is 9.32. The van der Waals surface area contributed by atoms with Gasteiger partial charge in [0.2, 0.25) is 5.91 Å². The molecule has 0 saturated heterocycles. The molecule has 1 heterocycles. The van der Waals surface area contributed by atoms with Gasteiger partial charge in [-0.15, -0.1) is 11.3 Å². The number of amides is 1. The first-order valence-corrected chi connectivity index (χ1v) is 13.8. The number of nitrogens with one attached hydrogen (secondary N) is 1. The second kappa shape index (κ2) is 14.8. The topological polar surface area (TPSA) is 81.7 Å². The maximum Gasteiger partial charge on any atom is 0.230 e. The minimum atomic E-state index is -0.658. The fraction of sp³-hybridized carbons (Fsp3) is 0.219. The van der Waals surface area contributed by atoms with Crippen molar-refractivity contribution in [2.45, 2.75) is 32.3 Å². The van der Waals surface area contributed by atoms with Crippen LogP contribution in [-0.4, -0.2) is 24.1 Å². The minimum Gasteiger partial charge on any atom is -0.457 e. The van der Waals surface area contributed by atoms with E-state index < -0.39 is 5.92 Å². The Kier molecular flexibility index (Phi) is 10.6. The molecule has 39 heavy (non-hydrogen) atoms. The summed E-state index contributed by atoms with van der Waals surface area (Å²) < 4.78 is 11.6. The summed E-state index contributed by atoms with van der Waals surface area (Å²) in [6.07, 6.45) is 1.05. The van der Waals surface area contributed by atoms with Crippen LogP contribution < -0.4 is 10.1 Å². The fourth-order valence-corrected chi connectivity index (χ4v) is 4.67. The van der Waals surface area contributed by atoms with Gasteiger partial charge in [0.1, 0.15) is 17.3 Å². The van der Waals surface area contributed by atoms with Crippen molar-refractivity contribution in [3.63, 3.8) is 0 Å². The van der Waals surface area contributed by atoms with Crippen LogP contribution in [-0.2, 0) is 20.9 Å². The van der Waals surface area contributed by atoms with E-state index >= 15 is 0 Å². The van der Waals surface area contributed by atoms with Crippen LogP contribution in [0.3, 0.4) is 0 Å². The van der Waals surface area contributed by atoms with Crippen molar-refractivity contribution in [2.24, 2.45) is 5.92 Å². The van der Waals surface area contributed by atoms with Crippen molar-refractivity contribution in [3.8, 4) is 11.5 Å². The summed E-state index contributed by atoms with van der Waals surface area (Å²) in [6, 6.07) is 29.8. The normalized spacial score (nSPS) is 11.5. The summed E-state index contributed by atoms with van der Waals surface area (Å²) in [7, 11) is 0. The Bertz CT molecular complexity index is 1320. The Morgan fingerprint density at radius 2 is 1.46 bits per heavy atom. The molecule has 3 aromatic carbocycles. The molecule has 0 saturated carbocycles. The number of Topliss-reactive ketones (excluding diaryl/α,β-unsaturated/α-hetero) is 2. The number of para-hydroxylation sites is 1. The van der Waals surface area contributed by atoms with Crippen LogP contribution in [0.5, 0.6) is 11.5 Å². The van der Waals surface area contributed by atoms with E-state index in [1.807, 2.05) is 72.1 Å². The first kappa shape index (κ1) is 28.0. The maximum atomic E-state index is 13.2. The Balaban J connectivity index is 1.32. The number of carbonyl (C=O) groups excluding carboxylic acids is 3. The van der Waals surface area contributed by atoms with Crippen molar-refractivity contribution in [2.75, 3.05) is 11.9 Å². The van der Waals surface area contributed by atoms with E-state index in [1.54, 1.807) is 30.3 Å². The van der Waals surface area contributed by atoms with Gasteiger partial charge < -0.3 is 14.8 Å². The molecule has 7 heteroatoms. The number of ether oxygens (including phenoxy) is 2. The van der Waals surface area contributed by atoms with Gasteiger partial charge in [-0.1, -0.05) is 54.6 Å². The van der Waals surface area contributed by atoms with Crippen molar-refractivity contribution in [1.82, 2.24) is 0 Å². The number of ketones is 2. The van der Waals surface area contributed by atoms with E-state index in [2.05, 4.69) is 5.32 Å². The molecule has 1 N–H and O–H groups in total. The smallest absolute Gasteiger partial charge is 0.230 e. The van der Waals surface area contributed by atoms with Crippen LogP contribution in [0.2, 0.25) is 0 Å². The SMILES string of the molecule is O=C(CCCC(=O)c1cccs1)CC(COCc1ccccc1)C(=O)Nc1ccc(Oc2ccccc2)cc1. The molecule has 0 spiro atoms. The molecular formula is C32H31NO5S. The molecule has 0 aliphatic rings. The van der Waals surface area contributed by atoms with Crippen LogP contribution in [0.1, 0.15) is 40.9 Å². The standard InChI is InChI=1S/C32H31NO5S/c34-27(11-7-14-30(35)31-15-8-20-39-31)21-25(23-37-22-24-9-3-1-4-10-24)32(36)33-26-16-18-29(19-17-26)38-28-12-5-2-6-13-28/h1-6,8-10,12-13,15-20,25H,7,11,14,21-23H2,(H,33,36). The zero-order valence-electron chi connectivity index (χ0n) is 21.6. The van der Waals surface area contributed by atoms with E-state index in [1.165, 1.54) is 11.3 Å². The van der Waals surface area contributed by atoms with Gasteiger partial charge in [0, 0.05) is 24.9 Å². The lowest BCUT2D eigenvalue weighted by Crippen LogP contribution is -2.29. The Hall–Kier alpha value is -4.07. The van der Waals surface area contributed by atoms with Crippen LogP contribution in [0, 0.1) is 5.92 Å². The number of hydrogen-bond donors (Lipinski definition) is 1. The average Bonchev–Trinajstić information content (AvgIpc) is 3.50. The monoisotopic (exact) mass is 541 g/mol. The lowest BCUT2D eigenvalue weighted by Gasteiger charge is -2.17. The zero-order chi connectivity index (χ0) is 27.3. The maximum absolute atomic E-state index is 13.2. The number of carbonyl (C=O) groups is 3. The molecule has 0 radical (unpaired) electrons. The fourth-order valence-electron chi connectivity index (χ4n) is 3.98. The molecule has 0 aliphatic carbocycles. The molecule has 0 aliphatic heterocycles. The van der Waals surface area contributed by atoms with Crippen LogP contribution in [0.25, 0.3) is 0 Å². The molecule has 1 atom stereocenters. The predicted molar refractivity (Wildman–Crippen MR) is 153 cm³/mol. The summed E-state index contributed by atoms with van der Waals surface area (Å²) in [4.78, 5) is 38.9. The van der Waals surface area contributed by atoms with E-state index in [-0.39, 0.29) is 36.9 Å². The van der Waals surface area contributed by atoms with Crippen LogP contribution >= 0.6 is 11.3 Å². The van der Waals surface area contributed by atoms with Gasteiger partial charge in [-0.25, -0.2) is 0 Å². The molecule has 0 bridgehead atoms. The minimum absolute atomic E-state index is 0.0398. The van der Waals surface area contributed by atoms with Gasteiger partial charge in [0.05, 0.1) is 24.0 Å². The predicted octanol–water partition coefficient (Wildman–Crippen LogP) is 7.32. The highest BCUT2D eigenvalue weighted by Crippen LogP contribution is 2.23. The first-order valence-electron chi connectivity index (χ1n) is 12.9. The highest BCUT2D eigenvalue weighted by atomic mass is 32.1. The summed E-state index contributed by atoms with van der Waals surface area (Å²) in [5, 5.41) is 4.76. The Morgan fingerprint density at radius 1 is 0.769 bits per heavy atom. The highest BCUT2D eigenvalue weighted by molar-refractivity contribution is 7.12. The number of hydrogen-bond acceptors (Lipinski definition) is 6. The van der Waals surface area contributed by atoms with Gasteiger partial charge in [0.25, 0.3) is 0 Å². The second-order valence-corrected chi connectivity index (χ2v) is 10.1. The largest absolute Gasteiger partial charge is 0.457 e. The molecular weight excluding hydrogens is 510 g/mol. The van der Waals surface area contributed by atoms with Gasteiger partial charge >= 0.3 is 0 Å². The van der Waals surface area contributed by atoms with Crippen molar-refractivity contribution in [1.29, 1.82) is 0 Å². The van der Waals surface area contributed by atoms with Gasteiger partial charge in [-0.3, -0.25) is 14.4 Å². The van der Waals surface area contributed by atoms with Crippen LogP contribution in [0.4, 0.5) is 5.69 Å². The third-order valence-corrected chi connectivity index (χ3v) is 6.94. The number of thiophene rings is 1. The molecule has 200 valence electrons. The van der Waals surface area contributed by atoms with Gasteiger partial charge in [-0.2, -0.15) is 0 Å². The first-order chi connectivity index (χ1) is 19.1. The molecule has 4 aromatic rings. The number of rotatable bonds is 15. The molecule has 0 fully saturated rings. The molecule has 4 rings (SSSR count). The Labute approximate surface area is 232 Å². The van der Waals surface area contributed by atoms with Gasteiger partial charge in [-0.05, 0) is 59.8 Å². The molecule has 1 aromatic heterocycles. The van der Waals surface area contributed by atoms with E-state index in [9.17, 15) is 14.4 Å². The van der Waals surface area contributed by atoms with E-state index in [0.29, 0.717) is 35.8 Å². The summed E-state index contributed by atoms with van der Waals surface area (Å²) in [5.74, 6) is 0.397. The second-order valence-electron chi connectivity index (χ2n) is 9.12. The van der Waals surface area contributed by atoms with Crippen molar-refractivity contribution >= 4 is 34.5 Å². The zero-order valence-corrected chi connectivity index (χ0v) is 22.4. The highest BCUT2D eigenvalue weighted by Gasteiger charge is 2.23. The van der Waals surface area contributed by atoms with Crippen molar-refractivity contribution in [3.05, 3.63) is 113 Å². The lowest BCUT2D eigenvalue weighted by molar-refractivity contribution is -0.128. The van der Waals surface area contributed by atoms with Gasteiger partial charge in [0.15, 0.2) is 5.78 Å². The van der Waals surface area contributed by atoms with E-state index in [0.717, 1.165) is 11.3 Å². The van der Waals surface area contributed by atoms with E-state index in [4.69, 9.17) is 9.47 Å². The summed E-state index contributed by atoms with van der Waals surface area (Å²) in [6.45, 7) is 0.454. The number of anilines is 1. The molecule has 6 nitrogen and oxygen atoms in total. The summed E-state index contributed by atoms with van der Waals surface area (Å²) in [5.41, 5.74) is 1.59. The lowest BCUT2D eigenvalue weighted by atomic mass is 9.98. The Morgan fingerprint density at radius 3 is 2.15 bits per heavy atom. The summed E-state index contributed by atoms with van der Waals surface area (Å²) >= 11 is 1.40. The third-order valence-electron chi connectivity index (χ3n) is 6.03. The average molecular weight is 542 g/mol. The van der Waals surface area contributed by atoms with Crippen LogP contribution in [0.15, 0.2) is 102 Å². The molecule has 1 amide bonds. The quantitative estimate of drug-likeness (QED) is 0.159.